The Bertz CT molecular complexity index is 540. The highest BCUT2D eigenvalue weighted by Crippen LogP contribution is 2.36. The molecule has 0 aliphatic carbocycles. The van der Waals surface area contributed by atoms with Gasteiger partial charge in [0, 0.05) is 36.6 Å². The summed E-state index contributed by atoms with van der Waals surface area (Å²) in [5.74, 6) is 0.978. The molecule has 1 aliphatic heterocycles. The van der Waals surface area contributed by atoms with E-state index in [1.807, 2.05) is 12.4 Å². The first-order valence-electron chi connectivity index (χ1n) is 6.70. The lowest BCUT2D eigenvalue weighted by molar-refractivity contribution is 0.350. The van der Waals surface area contributed by atoms with E-state index in [2.05, 4.69) is 38.9 Å². The molecule has 1 N–H and O–H groups in total. The Kier molecular flexibility index (Phi) is 2.97. The molecule has 0 unspecified atom stereocenters. The number of aromatic nitrogens is 4. The highest BCUT2D eigenvalue weighted by Gasteiger charge is 2.34. The van der Waals surface area contributed by atoms with Crippen molar-refractivity contribution in [3.63, 3.8) is 0 Å². The molecule has 1 saturated heterocycles. The minimum atomic E-state index is 0.194. The molecule has 0 spiro atoms. The van der Waals surface area contributed by atoms with Crippen LogP contribution >= 0.6 is 0 Å². The summed E-state index contributed by atoms with van der Waals surface area (Å²) in [6.45, 7) is 6.46. The molecule has 0 amide bonds. The highest BCUT2D eigenvalue weighted by molar-refractivity contribution is 5.37. The maximum atomic E-state index is 4.37. The summed E-state index contributed by atoms with van der Waals surface area (Å²) < 4.78 is 0. The summed E-state index contributed by atoms with van der Waals surface area (Å²) in [7, 11) is 0. The standard InChI is InChI=1S/C14H19N5/c1-11-9-17-18-13(11)14(2)3-7-19(8-4-14)12-10-15-5-6-16-12/h5-6,9-10H,3-4,7-8H2,1-2H3,(H,17,18). The average molecular weight is 257 g/mol. The van der Waals surface area contributed by atoms with Crippen LogP contribution in [0.5, 0.6) is 0 Å². The second-order valence-corrected chi connectivity index (χ2v) is 5.54. The van der Waals surface area contributed by atoms with Gasteiger partial charge in [-0.15, -0.1) is 0 Å². The van der Waals surface area contributed by atoms with Gasteiger partial charge in [0.15, 0.2) is 0 Å². The number of aromatic amines is 1. The van der Waals surface area contributed by atoms with Crippen LogP contribution in [0.1, 0.15) is 31.0 Å². The summed E-state index contributed by atoms with van der Waals surface area (Å²) in [6, 6.07) is 0. The molecule has 0 bridgehead atoms. The van der Waals surface area contributed by atoms with Gasteiger partial charge in [-0.3, -0.25) is 10.1 Å². The van der Waals surface area contributed by atoms with Crippen molar-refractivity contribution in [1.29, 1.82) is 0 Å². The first-order chi connectivity index (χ1) is 9.19. The second-order valence-electron chi connectivity index (χ2n) is 5.54. The molecule has 5 heteroatoms. The van der Waals surface area contributed by atoms with Gasteiger partial charge in [-0.25, -0.2) is 4.98 Å². The van der Waals surface area contributed by atoms with E-state index in [9.17, 15) is 0 Å². The van der Waals surface area contributed by atoms with Crippen LogP contribution in [-0.4, -0.2) is 33.3 Å². The van der Waals surface area contributed by atoms with Crippen molar-refractivity contribution in [3.8, 4) is 0 Å². The zero-order chi connectivity index (χ0) is 13.3. The molecule has 0 saturated carbocycles. The first kappa shape index (κ1) is 12.1. The first-order valence-corrected chi connectivity index (χ1v) is 6.70. The Morgan fingerprint density at radius 3 is 2.58 bits per heavy atom. The third-order valence-electron chi connectivity index (χ3n) is 4.17. The van der Waals surface area contributed by atoms with Crippen molar-refractivity contribution >= 4 is 5.82 Å². The minimum Gasteiger partial charge on any atom is -0.355 e. The lowest BCUT2D eigenvalue weighted by Gasteiger charge is -2.39. The number of rotatable bonds is 2. The van der Waals surface area contributed by atoms with Gasteiger partial charge >= 0.3 is 0 Å². The summed E-state index contributed by atoms with van der Waals surface area (Å²) >= 11 is 0. The number of hydrogen-bond donors (Lipinski definition) is 1. The number of aryl methyl sites for hydroxylation is 1. The molecule has 0 radical (unpaired) electrons. The molecule has 0 atom stereocenters. The molecular weight excluding hydrogens is 238 g/mol. The van der Waals surface area contributed by atoms with Crippen molar-refractivity contribution in [1.82, 2.24) is 20.2 Å². The highest BCUT2D eigenvalue weighted by atomic mass is 15.2. The number of H-pyrrole nitrogens is 1. The quantitative estimate of drug-likeness (QED) is 0.894. The fraction of sp³-hybridized carbons (Fsp3) is 0.500. The number of nitrogens with one attached hydrogen (secondary N) is 1. The Labute approximate surface area is 113 Å². The molecule has 0 aromatic carbocycles. The van der Waals surface area contributed by atoms with E-state index in [4.69, 9.17) is 0 Å². The second kappa shape index (κ2) is 4.64. The van der Waals surface area contributed by atoms with Crippen LogP contribution in [0, 0.1) is 6.92 Å². The van der Waals surface area contributed by atoms with Crippen molar-refractivity contribution in [2.24, 2.45) is 0 Å². The van der Waals surface area contributed by atoms with Crippen molar-refractivity contribution in [2.75, 3.05) is 18.0 Å². The number of anilines is 1. The van der Waals surface area contributed by atoms with E-state index >= 15 is 0 Å². The molecule has 1 fully saturated rings. The average Bonchev–Trinajstić information content (AvgIpc) is 2.88. The van der Waals surface area contributed by atoms with Crippen LogP contribution < -0.4 is 4.90 Å². The molecular formula is C14H19N5. The normalized spacial score (nSPS) is 18.5. The predicted octanol–water partition coefficient (Wildman–Crippen LogP) is 2.07. The van der Waals surface area contributed by atoms with Crippen molar-refractivity contribution in [2.45, 2.75) is 32.1 Å². The lowest BCUT2D eigenvalue weighted by atomic mass is 9.76. The van der Waals surface area contributed by atoms with E-state index in [0.717, 1.165) is 31.7 Å². The molecule has 2 aromatic rings. The summed E-state index contributed by atoms with van der Waals surface area (Å²) in [5.41, 5.74) is 2.74. The van der Waals surface area contributed by atoms with Crippen LogP contribution in [-0.2, 0) is 5.41 Å². The monoisotopic (exact) mass is 257 g/mol. The zero-order valence-corrected chi connectivity index (χ0v) is 11.4. The van der Waals surface area contributed by atoms with Gasteiger partial charge in [-0.05, 0) is 25.3 Å². The third kappa shape index (κ3) is 2.20. The van der Waals surface area contributed by atoms with Crippen LogP contribution in [0.2, 0.25) is 0 Å². The van der Waals surface area contributed by atoms with Crippen LogP contribution in [0.4, 0.5) is 5.82 Å². The van der Waals surface area contributed by atoms with E-state index in [1.54, 1.807) is 12.4 Å². The maximum Gasteiger partial charge on any atom is 0.147 e. The smallest absolute Gasteiger partial charge is 0.147 e. The summed E-state index contributed by atoms with van der Waals surface area (Å²) in [5, 5.41) is 7.33. The van der Waals surface area contributed by atoms with E-state index < -0.39 is 0 Å². The third-order valence-corrected chi connectivity index (χ3v) is 4.17. The van der Waals surface area contributed by atoms with Crippen LogP contribution in [0.25, 0.3) is 0 Å². The largest absolute Gasteiger partial charge is 0.355 e. The van der Waals surface area contributed by atoms with Gasteiger partial charge < -0.3 is 4.90 Å². The van der Waals surface area contributed by atoms with Gasteiger partial charge in [0.25, 0.3) is 0 Å². The zero-order valence-electron chi connectivity index (χ0n) is 11.4. The topological polar surface area (TPSA) is 57.7 Å². The predicted molar refractivity (Wildman–Crippen MR) is 74.2 cm³/mol. The maximum absolute atomic E-state index is 4.37. The van der Waals surface area contributed by atoms with Crippen LogP contribution in [0.3, 0.4) is 0 Å². The molecule has 5 nitrogen and oxygen atoms in total. The lowest BCUT2D eigenvalue weighted by Crippen LogP contribution is -2.42. The van der Waals surface area contributed by atoms with Gasteiger partial charge in [-0.1, -0.05) is 6.92 Å². The Morgan fingerprint density at radius 2 is 2.00 bits per heavy atom. The molecule has 3 heterocycles. The van der Waals surface area contributed by atoms with Gasteiger partial charge in [0.2, 0.25) is 0 Å². The van der Waals surface area contributed by atoms with Gasteiger partial charge in [0.05, 0.1) is 12.4 Å². The minimum absolute atomic E-state index is 0.194. The molecule has 1 aliphatic rings. The van der Waals surface area contributed by atoms with E-state index in [-0.39, 0.29) is 5.41 Å². The molecule has 100 valence electrons. The van der Waals surface area contributed by atoms with Gasteiger partial charge in [-0.2, -0.15) is 5.10 Å². The fourth-order valence-corrected chi connectivity index (χ4v) is 2.89. The van der Waals surface area contributed by atoms with E-state index in [1.165, 1.54) is 11.3 Å². The molecule has 3 rings (SSSR count). The summed E-state index contributed by atoms with van der Waals surface area (Å²) in [6.07, 6.45) is 9.42. The van der Waals surface area contributed by atoms with Crippen molar-refractivity contribution < 1.29 is 0 Å². The molecule has 19 heavy (non-hydrogen) atoms. The molecule has 2 aromatic heterocycles. The Hall–Kier alpha value is -1.91. The van der Waals surface area contributed by atoms with Crippen molar-refractivity contribution in [3.05, 3.63) is 36.0 Å². The fourth-order valence-electron chi connectivity index (χ4n) is 2.89. The van der Waals surface area contributed by atoms with Gasteiger partial charge in [0.1, 0.15) is 5.82 Å². The Balaban J connectivity index is 1.75. The summed E-state index contributed by atoms with van der Waals surface area (Å²) in [4.78, 5) is 10.8. The van der Waals surface area contributed by atoms with E-state index in [0.29, 0.717) is 0 Å². The SMILES string of the molecule is Cc1cn[nH]c1C1(C)CCN(c2cnccn2)CC1. The number of hydrogen-bond acceptors (Lipinski definition) is 4. The number of piperidine rings is 1. The Morgan fingerprint density at radius 1 is 1.21 bits per heavy atom. The van der Waals surface area contributed by atoms with Crippen LogP contribution in [0.15, 0.2) is 24.8 Å². The number of nitrogens with zero attached hydrogens (tertiary/aromatic N) is 4.